The van der Waals surface area contributed by atoms with Gasteiger partial charge in [-0.25, -0.2) is 0 Å². The van der Waals surface area contributed by atoms with Crippen LogP contribution in [0.4, 0.5) is 5.69 Å². The molecule has 98 valence electrons. The summed E-state index contributed by atoms with van der Waals surface area (Å²) >= 11 is 0. The van der Waals surface area contributed by atoms with Gasteiger partial charge in [0.1, 0.15) is 6.10 Å². The lowest BCUT2D eigenvalue weighted by molar-refractivity contribution is -0.129. The maximum atomic E-state index is 11.6. The van der Waals surface area contributed by atoms with Crippen LogP contribution in [0.15, 0.2) is 18.5 Å². The van der Waals surface area contributed by atoms with Crippen LogP contribution in [0.3, 0.4) is 0 Å². The molecule has 2 rings (SSSR count). The highest BCUT2D eigenvalue weighted by Crippen LogP contribution is 2.12. The molecule has 5 nitrogen and oxygen atoms in total. The van der Waals surface area contributed by atoms with E-state index in [9.17, 15) is 4.79 Å². The Hall–Kier alpha value is -1.62. The minimum absolute atomic E-state index is 0.000695. The molecule has 0 radical (unpaired) electrons. The third-order valence-electron chi connectivity index (χ3n) is 2.98. The lowest BCUT2D eigenvalue weighted by Gasteiger charge is -2.12. The molecule has 1 fully saturated rings. The smallest absolute Gasteiger partial charge is 0.249 e. The van der Waals surface area contributed by atoms with E-state index in [0.29, 0.717) is 19.7 Å². The van der Waals surface area contributed by atoms with Gasteiger partial charge in [-0.1, -0.05) is 0 Å². The van der Waals surface area contributed by atoms with Crippen LogP contribution in [0, 0.1) is 6.92 Å². The van der Waals surface area contributed by atoms with Crippen molar-refractivity contribution in [1.29, 1.82) is 0 Å². The summed E-state index contributed by atoms with van der Waals surface area (Å²) in [5.74, 6) is 0.000695. The second-order valence-corrected chi connectivity index (χ2v) is 4.41. The quantitative estimate of drug-likeness (QED) is 0.767. The summed E-state index contributed by atoms with van der Waals surface area (Å²) in [6.07, 6.45) is 5.13. The van der Waals surface area contributed by atoms with E-state index in [1.165, 1.54) is 0 Å². The van der Waals surface area contributed by atoms with Gasteiger partial charge in [0.15, 0.2) is 0 Å². The van der Waals surface area contributed by atoms with Gasteiger partial charge in [0.25, 0.3) is 0 Å². The molecule has 18 heavy (non-hydrogen) atoms. The number of carbonyl (C=O) groups excluding carboxylic acids is 1. The van der Waals surface area contributed by atoms with E-state index in [0.717, 1.165) is 24.1 Å². The van der Waals surface area contributed by atoms with E-state index in [4.69, 9.17) is 4.74 Å². The first-order valence-electron chi connectivity index (χ1n) is 6.31. The zero-order chi connectivity index (χ0) is 12.8. The predicted octanol–water partition coefficient (Wildman–Crippen LogP) is 1.10. The number of nitrogens with zero attached hydrogens (tertiary/aromatic N) is 1. The number of nitrogens with one attached hydrogen (secondary N) is 2. The van der Waals surface area contributed by atoms with Crippen LogP contribution in [-0.2, 0) is 9.53 Å². The number of pyridine rings is 1. The third-order valence-corrected chi connectivity index (χ3v) is 2.98. The summed E-state index contributed by atoms with van der Waals surface area (Å²) in [5.41, 5.74) is 2.15. The predicted molar refractivity (Wildman–Crippen MR) is 69.4 cm³/mol. The number of anilines is 1. The Balaban J connectivity index is 1.67. The van der Waals surface area contributed by atoms with Gasteiger partial charge in [0.05, 0.1) is 0 Å². The summed E-state index contributed by atoms with van der Waals surface area (Å²) in [6.45, 7) is 4.00. The molecule has 1 aromatic heterocycles. The molecule has 0 aromatic carbocycles. The van der Waals surface area contributed by atoms with Crippen molar-refractivity contribution in [2.75, 3.05) is 25.0 Å². The molecule has 1 saturated heterocycles. The van der Waals surface area contributed by atoms with Crippen LogP contribution in [0.2, 0.25) is 0 Å². The number of amides is 1. The van der Waals surface area contributed by atoms with E-state index in [1.54, 1.807) is 6.20 Å². The monoisotopic (exact) mass is 249 g/mol. The van der Waals surface area contributed by atoms with Gasteiger partial charge in [-0.2, -0.15) is 0 Å². The number of ether oxygens (including phenoxy) is 1. The van der Waals surface area contributed by atoms with Gasteiger partial charge in [-0.3, -0.25) is 9.78 Å². The van der Waals surface area contributed by atoms with E-state index in [1.807, 2.05) is 19.2 Å². The summed E-state index contributed by atoms with van der Waals surface area (Å²) < 4.78 is 5.31. The van der Waals surface area contributed by atoms with E-state index in [-0.39, 0.29) is 12.0 Å². The van der Waals surface area contributed by atoms with Crippen LogP contribution in [-0.4, -0.2) is 36.7 Å². The molecule has 0 spiro atoms. The molecule has 2 N–H and O–H groups in total. The summed E-state index contributed by atoms with van der Waals surface area (Å²) in [4.78, 5) is 15.7. The average molecular weight is 249 g/mol. The fraction of sp³-hybridized carbons (Fsp3) is 0.538. The van der Waals surface area contributed by atoms with Crippen molar-refractivity contribution in [3.63, 3.8) is 0 Å². The Morgan fingerprint density at radius 3 is 3.17 bits per heavy atom. The van der Waals surface area contributed by atoms with Crippen LogP contribution >= 0.6 is 0 Å². The fourth-order valence-electron chi connectivity index (χ4n) is 1.95. The highest BCUT2D eigenvalue weighted by Gasteiger charge is 2.22. The molecule has 0 unspecified atom stereocenters. The van der Waals surface area contributed by atoms with Gasteiger partial charge in [0, 0.05) is 37.8 Å². The molecule has 1 aromatic rings. The van der Waals surface area contributed by atoms with Crippen molar-refractivity contribution >= 4 is 11.6 Å². The highest BCUT2D eigenvalue weighted by molar-refractivity contribution is 5.80. The molecule has 1 amide bonds. The Morgan fingerprint density at radius 2 is 2.44 bits per heavy atom. The number of aryl methyl sites for hydroxylation is 1. The lowest BCUT2D eigenvalue weighted by atomic mass is 10.2. The third kappa shape index (κ3) is 3.43. The van der Waals surface area contributed by atoms with Crippen molar-refractivity contribution in [1.82, 2.24) is 10.3 Å². The first kappa shape index (κ1) is 12.8. The second kappa shape index (κ2) is 6.35. The molecule has 2 heterocycles. The maximum Gasteiger partial charge on any atom is 0.249 e. The van der Waals surface area contributed by atoms with Crippen LogP contribution in [0.1, 0.15) is 18.4 Å². The molecule has 0 bridgehead atoms. The zero-order valence-corrected chi connectivity index (χ0v) is 10.6. The van der Waals surface area contributed by atoms with Gasteiger partial charge in [0.2, 0.25) is 5.91 Å². The van der Waals surface area contributed by atoms with E-state index >= 15 is 0 Å². The number of rotatable bonds is 5. The van der Waals surface area contributed by atoms with Crippen molar-refractivity contribution in [2.24, 2.45) is 0 Å². The van der Waals surface area contributed by atoms with Crippen LogP contribution < -0.4 is 10.6 Å². The average Bonchev–Trinajstić information content (AvgIpc) is 2.90. The minimum atomic E-state index is -0.243. The molecule has 1 aliphatic rings. The number of hydrogen-bond donors (Lipinski definition) is 2. The molecule has 0 aliphatic carbocycles. The fourth-order valence-corrected chi connectivity index (χ4v) is 1.95. The standard InChI is InChI=1S/C13H19N3O2/c1-10-9-14-5-4-11(10)15-6-7-16-13(17)12-3-2-8-18-12/h4-5,9,12H,2-3,6-8H2,1H3,(H,14,15)(H,16,17)/t12-/m0/s1. The van der Waals surface area contributed by atoms with Crippen LogP contribution in [0.25, 0.3) is 0 Å². The van der Waals surface area contributed by atoms with Crippen molar-refractivity contribution in [3.05, 3.63) is 24.0 Å². The second-order valence-electron chi connectivity index (χ2n) is 4.41. The number of hydrogen-bond acceptors (Lipinski definition) is 4. The van der Waals surface area contributed by atoms with Crippen molar-refractivity contribution in [2.45, 2.75) is 25.9 Å². The summed E-state index contributed by atoms with van der Waals surface area (Å²) in [5, 5.41) is 6.14. The summed E-state index contributed by atoms with van der Waals surface area (Å²) in [7, 11) is 0. The molecule has 1 aliphatic heterocycles. The van der Waals surface area contributed by atoms with Crippen molar-refractivity contribution < 1.29 is 9.53 Å². The zero-order valence-electron chi connectivity index (χ0n) is 10.6. The first-order valence-corrected chi connectivity index (χ1v) is 6.31. The normalized spacial score (nSPS) is 18.6. The molecular formula is C13H19N3O2. The van der Waals surface area contributed by atoms with Crippen LogP contribution in [0.5, 0.6) is 0 Å². The SMILES string of the molecule is Cc1cnccc1NCCNC(=O)[C@@H]1CCCO1. The van der Waals surface area contributed by atoms with Crippen molar-refractivity contribution in [3.8, 4) is 0 Å². The number of carbonyl (C=O) groups is 1. The molecular weight excluding hydrogens is 230 g/mol. The van der Waals surface area contributed by atoms with E-state index < -0.39 is 0 Å². The molecule has 5 heteroatoms. The molecule has 0 saturated carbocycles. The molecule has 1 atom stereocenters. The Kier molecular flexibility index (Phi) is 4.52. The lowest BCUT2D eigenvalue weighted by Crippen LogP contribution is -2.36. The number of aromatic nitrogens is 1. The van der Waals surface area contributed by atoms with Gasteiger partial charge < -0.3 is 15.4 Å². The van der Waals surface area contributed by atoms with Gasteiger partial charge >= 0.3 is 0 Å². The topological polar surface area (TPSA) is 63.2 Å². The Labute approximate surface area is 107 Å². The van der Waals surface area contributed by atoms with Gasteiger partial charge in [-0.05, 0) is 31.4 Å². The Morgan fingerprint density at radius 1 is 1.56 bits per heavy atom. The minimum Gasteiger partial charge on any atom is -0.383 e. The highest BCUT2D eigenvalue weighted by atomic mass is 16.5. The van der Waals surface area contributed by atoms with Gasteiger partial charge in [-0.15, -0.1) is 0 Å². The maximum absolute atomic E-state index is 11.6. The summed E-state index contributed by atoms with van der Waals surface area (Å²) in [6, 6.07) is 1.93. The first-order chi connectivity index (χ1) is 8.77. The van der Waals surface area contributed by atoms with E-state index in [2.05, 4.69) is 15.6 Å². The Bertz CT molecular complexity index is 403. The largest absolute Gasteiger partial charge is 0.383 e.